The second-order valence-corrected chi connectivity index (χ2v) is 3.23. The zero-order chi connectivity index (χ0) is 10.8. The second kappa shape index (κ2) is 3.68. The van der Waals surface area contributed by atoms with Gasteiger partial charge in [-0.25, -0.2) is 15.0 Å². The lowest BCUT2D eigenvalue weighted by atomic mass is 10.3. The van der Waals surface area contributed by atoms with Crippen LogP contribution in [0.25, 0.3) is 11.4 Å². The molecule has 0 aliphatic rings. The highest BCUT2D eigenvalue weighted by molar-refractivity contribution is 5.55. The minimum atomic E-state index is 0.286. The summed E-state index contributed by atoms with van der Waals surface area (Å²) in [5.74, 6) is 1.26. The van der Waals surface area contributed by atoms with Crippen molar-refractivity contribution in [2.75, 3.05) is 5.73 Å². The van der Waals surface area contributed by atoms with Gasteiger partial charge >= 0.3 is 0 Å². The molecule has 0 atom stereocenters. The van der Waals surface area contributed by atoms with E-state index in [1.807, 2.05) is 13.0 Å². The van der Waals surface area contributed by atoms with Crippen LogP contribution in [-0.4, -0.2) is 19.5 Å². The molecule has 2 heterocycles. The van der Waals surface area contributed by atoms with Gasteiger partial charge < -0.3 is 10.3 Å². The van der Waals surface area contributed by atoms with Gasteiger partial charge in [-0.15, -0.1) is 0 Å². The summed E-state index contributed by atoms with van der Waals surface area (Å²) >= 11 is 0. The highest BCUT2D eigenvalue weighted by Gasteiger charge is 2.08. The number of rotatable bonds is 2. The number of nitrogen functional groups attached to an aromatic ring is 1. The number of nitrogens with two attached hydrogens (primary N) is 1. The predicted molar refractivity (Wildman–Crippen MR) is 58.1 cm³/mol. The molecule has 5 nitrogen and oxygen atoms in total. The Morgan fingerprint density at radius 1 is 1.40 bits per heavy atom. The van der Waals surface area contributed by atoms with Crippen LogP contribution in [0, 0.1) is 6.92 Å². The van der Waals surface area contributed by atoms with Crippen LogP contribution in [0.4, 0.5) is 5.95 Å². The summed E-state index contributed by atoms with van der Waals surface area (Å²) in [6.07, 6.45) is 3.46. The number of hydrogen-bond donors (Lipinski definition) is 1. The Hall–Kier alpha value is -1.91. The SMILES string of the molecule is CCn1c(-c2ccnc(N)n2)cnc1C. The molecule has 0 saturated carbocycles. The van der Waals surface area contributed by atoms with E-state index in [2.05, 4.69) is 26.4 Å². The number of anilines is 1. The number of aryl methyl sites for hydroxylation is 1. The van der Waals surface area contributed by atoms with E-state index in [-0.39, 0.29) is 5.95 Å². The molecule has 0 aliphatic heterocycles. The van der Waals surface area contributed by atoms with Gasteiger partial charge in [0.05, 0.1) is 17.6 Å². The maximum atomic E-state index is 5.54. The van der Waals surface area contributed by atoms with Crippen molar-refractivity contribution in [3.8, 4) is 11.4 Å². The largest absolute Gasteiger partial charge is 0.368 e. The zero-order valence-corrected chi connectivity index (χ0v) is 8.81. The van der Waals surface area contributed by atoms with Gasteiger partial charge in [0.1, 0.15) is 5.82 Å². The fourth-order valence-electron chi connectivity index (χ4n) is 1.59. The van der Waals surface area contributed by atoms with Crippen LogP contribution in [-0.2, 0) is 6.54 Å². The molecule has 0 radical (unpaired) electrons. The van der Waals surface area contributed by atoms with E-state index in [0.717, 1.165) is 23.8 Å². The Kier molecular flexibility index (Phi) is 2.37. The van der Waals surface area contributed by atoms with Gasteiger partial charge in [0.15, 0.2) is 0 Å². The molecule has 0 saturated heterocycles. The first-order valence-electron chi connectivity index (χ1n) is 4.83. The van der Waals surface area contributed by atoms with Gasteiger partial charge in [0.25, 0.3) is 0 Å². The van der Waals surface area contributed by atoms with Crippen molar-refractivity contribution in [2.24, 2.45) is 0 Å². The fourth-order valence-corrected chi connectivity index (χ4v) is 1.59. The van der Waals surface area contributed by atoms with E-state index in [9.17, 15) is 0 Å². The third-order valence-electron chi connectivity index (χ3n) is 2.31. The molecular formula is C10H13N5. The summed E-state index contributed by atoms with van der Waals surface area (Å²) in [5.41, 5.74) is 7.33. The van der Waals surface area contributed by atoms with Gasteiger partial charge in [-0.2, -0.15) is 0 Å². The van der Waals surface area contributed by atoms with E-state index >= 15 is 0 Å². The van der Waals surface area contributed by atoms with Crippen molar-refractivity contribution in [2.45, 2.75) is 20.4 Å². The van der Waals surface area contributed by atoms with Crippen LogP contribution >= 0.6 is 0 Å². The number of imidazole rings is 1. The normalized spacial score (nSPS) is 10.5. The van der Waals surface area contributed by atoms with Crippen LogP contribution in [0.5, 0.6) is 0 Å². The molecule has 0 aliphatic carbocycles. The molecule has 2 N–H and O–H groups in total. The minimum absolute atomic E-state index is 0.286. The molecule has 0 amide bonds. The van der Waals surface area contributed by atoms with Crippen molar-refractivity contribution in [1.29, 1.82) is 0 Å². The van der Waals surface area contributed by atoms with Crippen LogP contribution in [0.1, 0.15) is 12.7 Å². The van der Waals surface area contributed by atoms with Crippen molar-refractivity contribution < 1.29 is 0 Å². The van der Waals surface area contributed by atoms with E-state index in [1.54, 1.807) is 12.4 Å². The van der Waals surface area contributed by atoms with Gasteiger partial charge in [-0.3, -0.25) is 0 Å². The van der Waals surface area contributed by atoms with Crippen LogP contribution in [0.2, 0.25) is 0 Å². The molecule has 2 rings (SSSR count). The van der Waals surface area contributed by atoms with Crippen LogP contribution < -0.4 is 5.73 Å². The molecule has 0 fully saturated rings. The summed E-state index contributed by atoms with van der Waals surface area (Å²) in [6.45, 7) is 4.91. The fraction of sp³-hybridized carbons (Fsp3) is 0.300. The third kappa shape index (κ3) is 1.68. The van der Waals surface area contributed by atoms with Crippen molar-refractivity contribution in [1.82, 2.24) is 19.5 Å². The first kappa shape index (κ1) is 9.64. The maximum absolute atomic E-state index is 5.54. The number of nitrogens with zero attached hydrogens (tertiary/aromatic N) is 4. The van der Waals surface area contributed by atoms with Gasteiger partial charge in [-0.1, -0.05) is 0 Å². The molecule has 2 aromatic heterocycles. The Morgan fingerprint density at radius 2 is 2.20 bits per heavy atom. The Morgan fingerprint density at radius 3 is 2.87 bits per heavy atom. The summed E-state index contributed by atoms with van der Waals surface area (Å²) in [7, 11) is 0. The monoisotopic (exact) mass is 203 g/mol. The summed E-state index contributed by atoms with van der Waals surface area (Å²) in [4.78, 5) is 12.3. The Bertz CT molecular complexity index is 474. The smallest absolute Gasteiger partial charge is 0.220 e. The molecule has 0 bridgehead atoms. The van der Waals surface area contributed by atoms with Crippen LogP contribution in [0.3, 0.4) is 0 Å². The first-order valence-corrected chi connectivity index (χ1v) is 4.83. The van der Waals surface area contributed by atoms with Gasteiger partial charge in [0.2, 0.25) is 5.95 Å². The molecular weight excluding hydrogens is 190 g/mol. The average Bonchev–Trinajstić information content (AvgIpc) is 2.59. The number of aromatic nitrogens is 4. The van der Waals surface area contributed by atoms with E-state index in [4.69, 9.17) is 5.73 Å². The summed E-state index contributed by atoms with van der Waals surface area (Å²) in [5, 5.41) is 0. The topological polar surface area (TPSA) is 69.6 Å². The lowest BCUT2D eigenvalue weighted by Gasteiger charge is -2.06. The van der Waals surface area contributed by atoms with Crippen molar-refractivity contribution >= 4 is 5.95 Å². The van der Waals surface area contributed by atoms with Crippen molar-refractivity contribution in [3.05, 3.63) is 24.3 Å². The van der Waals surface area contributed by atoms with E-state index < -0.39 is 0 Å². The number of hydrogen-bond acceptors (Lipinski definition) is 4. The molecule has 0 aromatic carbocycles. The van der Waals surface area contributed by atoms with Gasteiger partial charge in [0, 0.05) is 12.7 Å². The highest BCUT2D eigenvalue weighted by atomic mass is 15.1. The molecule has 2 aromatic rings. The molecule has 0 spiro atoms. The first-order chi connectivity index (χ1) is 7.22. The molecule has 15 heavy (non-hydrogen) atoms. The maximum Gasteiger partial charge on any atom is 0.220 e. The molecule has 0 unspecified atom stereocenters. The highest BCUT2D eigenvalue weighted by Crippen LogP contribution is 2.18. The second-order valence-electron chi connectivity index (χ2n) is 3.23. The predicted octanol–water partition coefficient (Wildman–Crippen LogP) is 1.25. The summed E-state index contributed by atoms with van der Waals surface area (Å²) in [6, 6.07) is 1.83. The average molecular weight is 203 g/mol. The zero-order valence-electron chi connectivity index (χ0n) is 8.81. The summed E-state index contributed by atoms with van der Waals surface area (Å²) < 4.78 is 2.09. The lowest BCUT2D eigenvalue weighted by Crippen LogP contribution is -2.02. The Balaban J connectivity index is 2.54. The van der Waals surface area contributed by atoms with E-state index in [0.29, 0.717) is 0 Å². The standard InChI is InChI=1S/C10H13N5/c1-3-15-7(2)13-6-9(15)8-4-5-12-10(11)14-8/h4-6H,3H2,1-2H3,(H2,11,12,14). The van der Waals surface area contributed by atoms with E-state index in [1.165, 1.54) is 0 Å². The molecule has 78 valence electrons. The van der Waals surface area contributed by atoms with Crippen molar-refractivity contribution in [3.63, 3.8) is 0 Å². The van der Waals surface area contributed by atoms with Gasteiger partial charge in [-0.05, 0) is 19.9 Å². The Labute approximate surface area is 88.0 Å². The minimum Gasteiger partial charge on any atom is -0.368 e. The quantitative estimate of drug-likeness (QED) is 0.797. The van der Waals surface area contributed by atoms with Crippen LogP contribution in [0.15, 0.2) is 18.5 Å². The lowest BCUT2D eigenvalue weighted by molar-refractivity contribution is 0.735. The molecule has 5 heteroatoms. The third-order valence-corrected chi connectivity index (χ3v) is 2.31.